The van der Waals surface area contributed by atoms with E-state index in [2.05, 4.69) is 10.3 Å². The molecular formula is C18H22N2O3. The second kappa shape index (κ2) is 6.86. The number of hydrogen-bond donors (Lipinski definition) is 2. The zero-order valence-electron chi connectivity index (χ0n) is 13.4. The van der Waals surface area contributed by atoms with Crippen molar-refractivity contribution < 1.29 is 9.53 Å². The molecule has 1 aromatic carbocycles. The van der Waals surface area contributed by atoms with Gasteiger partial charge in [-0.05, 0) is 48.4 Å². The largest absolute Gasteiger partial charge is 0.497 e. The van der Waals surface area contributed by atoms with Gasteiger partial charge in [0.2, 0.25) is 0 Å². The highest BCUT2D eigenvalue weighted by molar-refractivity contribution is 5.96. The van der Waals surface area contributed by atoms with E-state index in [0.717, 1.165) is 0 Å². The van der Waals surface area contributed by atoms with Gasteiger partial charge in [-0.3, -0.25) is 9.59 Å². The fourth-order valence-corrected chi connectivity index (χ4v) is 3.22. The molecule has 23 heavy (non-hydrogen) atoms. The number of aromatic amines is 1. The molecule has 1 saturated carbocycles. The van der Waals surface area contributed by atoms with Crippen LogP contribution in [0.25, 0.3) is 10.8 Å². The molecule has 0 saturated heterocycles. The van der Waals surface area contributed by atoms with E-state index in [0.29, 0.717) is 34.7 Å². The first kappa shape index (κ1) is 15.6. The van der Waals surface area contributed by atoms with Crippen molar-refractivity contribution in [3.8, 4) is 5.75 Å². The Bertz CT molecular complexity index is 760. The number of H-pyrrole nitrogens is 1. The Hall–Kier alpha value is -2.30. The van der Waals surface area contributed by atoms with Crippen LogP contribution in [-0.2, 0) is 0 Å². The van der Waals surface area contributed by atoms with Crippen LogP contribution < -0.4 is 15.6 Å². The Morgan fingerprint density at radius 1 is 1.26 bits per heavy atom. The van der Waals surface area contributed by atoms with E-state index < -0.39 is 0 Å². The zero-order chi connectivity index (χ0) is 16.2. The molecule has 1 fully saturated rings. The highest BCUT2D eigenvalue weighted by atomic mass is 16.5. The molecule has 0 spiro atoms. The molecular weight excluding hydrogens is 292 g/mol. The number of nitrogens with one attached hydrogen (secondary N) is 2. The Labute approximate surface area is 135 Å². The van der Waals surface area contributed by atoms with Crippen LogP contribution in [0.1, 0.15) is 42.6 Å². The Morgan fingerprint density at radius 2 is 2.04 bits per heavy atom. The minimum atomic E-state index is -0.257. The summed E-state index contributed by atoms with van der Waals surface area (Å²) >= 11 is 0. The van der Waals surface area contributed by atoms with Gasteiger partial charge in [-0.2, -0.15) is 0 Å². The lowest BCUT2D eigenvalue weighted by Gasteiger charge is -2.21. The van der Waals surface area contributed by atoms with Crippen LogP contribution in [0.2, 0.25) is 0 Å². The third-order valence-corrected chi connectivity index (χ3v) is 4.57. The Balaban J connectivity index is 1.78. The fraction of sp³-hybridized carbons (Fsp3) is 0.444. The lowest BCUT2D eigenvalue weighted by molar-refractivity contribution is 0.0938. The van der Waals surface area contributed by atoms with Gasteiger partial charge in [0.15, 0.2) is 0 Å². The lowest BCUT2D eigenvalue weighted by atomic mass is 9.89. The summed E-state index contributed by atoms with van der Waals surface area (Å²) in [6.07, 6.45) is 6.13. The number of fused-ring (bicyclic) bond motifs is 1. The number of rotatable bonds is 4. The molecule has 1 amide bonds. The molecule has 0 radical (unpaired) electrons. The van der Waals surface area contributed by atoms with Crippen LogP contribution in [0.3, 0.4) is 0 Å². The summed E-state index contributed by atoms with van der Waals surface area (Å²) in [4.78, 5) is 27.1. The molecule has 3 rings (SSSR count). The molecule has 1 aromatic heterocycles. The number of carbonyl (C=O) groups excluding carboxylic acids is 1. The summed E-state index contributed by atoms with van der Waals surface area (Å²) in [5.41, 5.74) is 0.0412. The van der Waals surface area contributed by atoms with Crippen LogP contribution in [0, 0.1) is 5.92 Å². The molecule has 1 aliphatic carbocycles. The minimum Gasteiger partial charge on any atom is -0.497 e. The summed E-state index contributed by atoms with van der Waals surface area (Å²) < 4.78 is 5.18. The van der Waals surface area contributed by atoms with Crippen molar-refractivity contribution in [1.82, 2.24) is 10.3 Å². The van der Waals surface area contributed by atoms with Crippen molar-refractivity contribution in [2.24, 2.45) is 5.92 Å². The van der Waals surface area contributed by atoms with Crippen LogP contribution in [0.5, 0.6) is 5.75 Å². The number of benzene rings is 1. The second-order valence-electron chi connectivity index (χ2n) is 6.18. The number of carbonyl (C=O) groups is 1. The van der Waals surface area contributed by atoms with Gasteiger partial charge in [-0.25, -0.2) is 0 Å². The maximum Gasteiger partial charge on any atom is 0.267 e. The van der Waals surface area contributed by atoms with E-state index in [4.69, 9.17) is 4.74 Å². The SMILES string of the molecule is COc1ccc2c(=O)[nH]c(C(=O)NCC3CCCCC3)cc2c1. The van der Waals surface area contributed by atoms with E-state index in [9.17, 15) is 9.59 Å². The van der Waals surface area contributed by atoms with Crippen molar-refractivity contribution in [3.05, 3.63) is 40.3 Å². The molecule has 5 heteroatoms. The van der Waals surface area contributed by atoms with Gasteiger partial charge >= 0.3 is 0 Å². The molecule has 0 aliphatic heterocycles. The number of ether oxygens (including phenoxy) is 1. The number of aromatic nitrogens is 1. The fourth-order valence-electron chi connectivity index (χ4n) is 3.22. The third kappa shape index (κ3) is 3.55. The summed E-state index contributed by atoms with van der Waals surface area (Å²) in [5, 5.41) is 4.20. The van der Waals surface area contributed by atoms with Crippen LogP contribution in [0.15, 0.2) is 29.1 Å². The van der Waals surface area contributed by atoms with Gasteiger partial charge in [-0.15, -0.1) is 0 Å². The van der Waals surface area contributed by atoms with E-state index in [1.165, 1.54) is 32.1 Å². The number of amides is 1. The number of pyridine rings is 1. The van der Waals surface area contributed by atoms with Crippen LogP contribution >= 0.6 is 0 Å². The van der Waals surface area contributed by atoms with E-state index in [1.54, 1.807) is 31.4 Å². The van der Waals surface area contributed by atoms with Gasteiger partial charge in [-0.1, -0.05) is 19.3 Å². The minimum absolute atomic E-state index is 0.225. The molecule has 2 N–H and O–H groups in total. The highest BCUT2D eigenvalue weighted by Gasteiger charge is 2.16. The van der Waals surface area contributed by atoms with Gasteiger partial charge in [0.1, 0.15) is 11.4 Å². The summed E-state index contributed by atoms with van der Waals surface area (Å²) in [6.45, 7) is 0.678. The number of methoxy groups -OCH3 is 1. The monoisotopic (exact) mass is 314 g/mol. The van der Waals surface area contributed by atoms with Crippen molar-refractivity contribution in [2.75, 3.05) is 13.7 Å². The smallest absolute Gasteiger partial charge is 0.267 e. The van der Waals surface area contributed by atoms with Crippen molar-refractivity contribution >= 4 is 16.7 Å². The van der Waals surface area contributed by atoms with Crippen molar-refractivity contribution in [2.45, 2.75) is 32.1 Å². The molecule has 0 atom stereocenters. The Morgan fingerprint density at radius 3 is 2.78 bits per heavy atom. The van der Waals surface area contributed by atoms with E-state index in [-0.39, 0.29) is 11.5 Å². The maximum atomic E-state index is 12.3. The first-order valence-corrected chi connectivity index (χ1v) is 8.16. The van der Waals surface area contributed by atoms with Crippen molar-refractivity contribution in [3.63, 3.8) is 0 Å². The standard InChI is InChI=1S/C18H22N2O3/c1-23-14-7-8-15-13(9-14)10-16(20-17(15)21)18(22)19-11-12-5-3-2-4-6-12/h7-10,12H,2-6,11H2,1H3,(H,19,22)(H,20,21). The zero-order valence-corrected chi connectivity index (χ0v) is 13.4. The molecule has 0 bridgehead atoms. The highest BCUT2D eigenvalue weighted by Crippen LogP contribution is 2.23. The quantitative estimate of drug-likeness (QED) is 0.911. The van der Waals surface area contributed by atoms with E-state index >= 15 is 0 Å². The first-order chi connectivity index (χ1) is 11.2. The third-order valence-electron chi connectivity index (χ3n) is 4.57. The second-order valence-corrected chi connectivity index (χ2v) is 6.18. The maximum absolute atomic E-state index is 12.3. The molecule has 122 valence electrons. The van der Waals surface area contributed by atoms with Gasteiger partial charge < -0.3 is 15.0 Å². The first-order valence-electron chi connectivity index (χ1n) is 8.16. The molecule has 1 heterocycles. The summed E-state index contributed by atoms with van der Waals surface area (Å²) in [6, 6.07) is 6.91. The molecule has 5 nitrogen and oxygen atoms in total. The van der Waals surface area contributed by atoms with Gasteiger partial charge in [0.05, 0.1) is 7.11 Å². The van der Waals surface area contributed by atoms with Crippen LogP contribution in [-0.4, -0.2) is 24.5 Å². The molecule has 1 aliphatic rings. The van der Waals surface area contributed by atoms with E-state index in [1.807, 2.05) is 0 Å². The van der Waals surface area contributed by atoms with Crippen LogP contribution in [0.4, 0.5) is 0 Å². The average Bonchev–Trinajstić information content (AvgIpc) is 2.60. The molecule has 0 unspecified atom stereocenters. The predicted octanol–water partition coefficient (Wildman–Crippen LogP) is 2.85. The topological polar surface area (TPSA) is 71.2 Å². The predicted molar refractivity (Wildman–Crippen MR) is 90.0 cm³/mol. The normalized spacial score (nSPS) is 15.5. The molecule has 2 aromatic rings. The van der Waals surface area contributed by atoms with Gasteiger partial charge in [0.25, 0.3) is 11.5 Å². The average molecular weight is 314 g/mol. The summed E-state index contributed by atoms with van der Waals surface area (Å²) in [5.74, 6) is 0.994. The summed E-state index contributed by atoms with van der Waals surface area (Å²) in [7, 11) is 1.58. The van der Waals surface area contributed by atoms with Crippen molar-refractivity contribution in [1.29, 1.82) is 0 Å². The lowest BCUT2D eigenvalue weighted by Crippen LogP contribution is -2.31. The number of hydrogen-bond acceptors (Lipinski definition) is 3. The Kier molecular flexibility index (Phi) is 4.65. The van der Waals surface area contributed by atoms with Gasteiger partial charge in [0, 0.05) is 11.9 Å².